The predicted octanol–water partition coefficient (Wildman–Crippen LogP) is 0.746. The number of piperidine rings is 1. The molecule has 1 fully saturated rings. The first-order valence-electron chi connectivity index (χ1n) is 5.34. The van der Waals surface area contributed by atoms with Crippen molar-refractivity contribution in [3.05, 3.63) is 11.9 Å². The van der Waals surface area contributed by atoms with Gasteiger partial charge in [0.25, 0.3) is 0 Å². The van der Waals surface area contributed by atoms with Gasteiger partial charge in [-0.05, 0) is 25.3 Å². The molecule has 0 spiro atoms. The van der Waals surface area contributed by atoms with E-state index in [-0.39, 0.29) is 0 Å². The molecule has 0 aliphatic carbocycles. The van der Waals surface area contributed by atoms with Crippen molar-refractivity contribution in [2.45, 2.75) is 32.2 Å². The Labute approximate surface area is 84.7 Å². The van der Waals surface area contributed by atoms with Crippen molar-refractivity contribution in [2.24, 2.45) is 13.0 Å². The molecule has 1 aliphatic heterocycles. The van der Waals surface area contributed by atoms with Gasteiger partial charge in [0, 0.05) is 19.5 Å². The molecule has 1 aromatic heterocycles. The minimum Gasteiger partial charge on any atom is -0.313 e. The monoisotopic (exact) mass is 194 g/mol. The molecular formula is C10H18N4. The smallest absolute Gasteiger partial charge is 0.0842 e. The summed E-state index contributed by atoms with van der Waals surface area (Å²) in [6, 6.07) is 0.584. The lowest BCUT2D eigenvalue weighted by Crippen LogP contribution is -2.41. The second-order valence-electron chi connectivity index (χ2n) is 4.21. The maximum atomic E-state index is 4.30. The van der Waals surface area contributed by atoms with Crippen LogP contribution in [0.3, 0.4) is 0 Å². The van der Waals surface area contributed by atoms with Crippen LogP contribution in [0.15, 0.2) is 6.20 Å². The SMILES string of the molecule is CC1CCCNC1Cc1cnn(C)n1. The first-order valence-corrected chi connectivity index (χ1v) is 5.34. The summed E-state index contributed by atoms with van der Waals surface area (Å²) < 4.78 is 0. The minimum absolute atomic E-state index is 0.584. The van der Waals surface area contributed by atoms with E-state index < -0.39 is 0 Å². The van der Waals surface area contributed by atoms with Crippen LogP contribution >= 0.6 is 0 Å². The summed E-state index contributed by atoms with van der Waals surface area (Å²) in [7, 11) is 1.86. The largest absolute Gasteiger partial charge is 0.313 e. The standard InChI is InChI=1S/C10H18N4/c1-8-4-3-5-11-10(8)6-9-7-12-14(2)13-9/h7-8,10-11H,3-6H2,1-2H3. The van der Waals surface area contributed by atoms with Crippen molar-refractivity contribution in [3.8, 4) is 0 Å². The number of nitrogens with one attached hydrogen (secondary N) is 1. The van der Waals surface area contributed by atoms with Gasteiger partial charge in [-0.1, -0.05) is 6.92 Å². The van der Waals surface area contributed by atoms with Crippen molar-refractivity contribution in [1.29, 1.82) is 0 Å². The Morgan fingerprint density at radius 1 is 1.64 bits per heavy atom. The molecule has 14 heavy (non-hydrogen) atoms. The van der Waals surface area contributed by atoms with E-state index in [0.29, 0.717) is 6.04 Å². The highest BCUT2D eigenvalue weighted by atomic mass is 15.4. The zero-order valence-corrected chi connectivity index (χ0v) is 8.90. The highest BCUT2D eigenvalue weighted by molar-refractivity contribution is 4.97. The highest BCUT2D eigenvalue weighted by Crippen LogP contribution is 2.17. The maximum absolute atomic E-state index is 4.30. The molecule has 0 saturated carbocycles. The van der Waals surface area contributed by atoms with Gasteiger partial charge >= 0.3 is 0 Å². The number of aromatic nitrogens is 3. The third kappa shape index (κ3) is 2.12. The van der Waals surface area contributed by atoms with Gasteiger partial charge in [-0.2, -0.15) is 15.0 Å². The van der Waals surface area contributed by atoms with Gasteiger partial charge in [0.1, 0.15) is 0 Å². The molecule has 0 bridgehead atoms. The van der Waals surface area contributed by atoms with Crippen LogP contribution in [0.2, 0.25) is 0 Å². The molecule has 1 aliphatic rings. The molecule has 4 nitrogen and oxygen atoms in total. The molecule has 78 valence electrons. The zero-order chi connectivity index (χ0) is 9.97. The number of aryl methyl sites for hydroxylation is 1. The number of nitrogens with zero attached hydrogens (tertiary/aromatic N) is 3. The summed E-state index contributed by atoms with van der Waals surface area (Å²) >= 11 is 0. The summed E-state index contributed by atoms with van der Waals surface area (Å²) in [5.41, 5.74) is 1.10. The molecular weight excluding hydrogens is 176 g/mol. The third-order valence-electron chi connectivity index (χ3n) is 3.01. The van der Waals surface area contributed by atoms with Crippen LogP contribution in [0.1, 0.15) is 25.5 Å². The van der Waals surface area contributed by atoms with Crippen LogP contribution in [0.5, 0.6) is 0 Å². The Bertz CT molecular complexity index is 294. The highest BCUT2D eigenvalue weighted by Gasteiger charge is 2.21. The average Bonchev–Trinajstić information content (AvgIpc) is 2.56. The quantitative estimate of drug-likeness (QED) is 0.755. The zero-order valence-electron chi connectivity index (χ0n) is 8.90. The van der Waals surface area contributed by atoms with Crippen LogP contribution < -0.4 is 5.32 Å². The predicted molar refractivity (Wildman–Crippen MR) is 54.9 cm³/mol. The van der Waals surface area contributed by atoms with Gasteiger partial charge in [0.15, 0.2) is 0 Å². The molecule has 4 heteroatoms. The van der Waals surface area contributed by atoms with E-state index in [9.17, 15) is 0 Å². The third-order valence-corrected chi connectivity index (χ3v) is 3.01. The van der Waals surface area contributed by atoms with Crippen molar-refractivity contribution in [1.82, 2.24) is 20.3 Å². The molecule has 1 N–H and O–H groups in total. The van der Waals surface area contributed by atoms with Gasteiger partial charge in [0.05, 0.1) is 11.9 Å². The number of hydrogen-bond acceptors (Lipinski definition) is 3. The fourth-order valence-corrected chi connectivity index (χ4v) is 2.09. The van der Waals surface area contributed by atoms with Crippen molar-refractivity contribution in [3.63, 3.8) is 0 Å². The van der Waals surface area contributed by atoms with Crippen LogP contribution in [-0.2, 0) is 13.5 Å². The Balaban J connectivity index is 1.95. The maximum Gasteiger partial charge on any atom is 0.0842 e. The van der Waals surface area contributed by atoms with Crippen LogP contribution in [0.4, 0.5) is 0 Å². The summed E-state index contributed by atoms with van der Waals surface area (Å²) in [4.78, 5) is 1.63. The van der Waals surface area contributed by atoms with Crippen LogP contribution in [0, 0.1) is 5.92 Å². The molecule has 2 atom stereocenters. The Morgan fingerprint density at radius 3 is 3.14 bits per heavy atom. The van der Waals surface area contributed by atoms with Crippen molar-refractivity contribution < 1.29 is 0 Å². The second-order valence-corrected chi connectivity index (χ2v) is 4.21. The van der Waals surface area contributed by atoms with Gasteiger partial charge < -0.3 is 5.32 Å². The molecule has 2 rings (SSSR count). The summed E-state index contributed by atoms with van der Waals surface area (Å²) in [5, 5.41) is 11.9. The Morgan fingerprint density at radius 2 is 2.50 bits per heavy atom. The molecule has 0 amide bonds. The van der Waals surface area contributed by atoms with Gasteiger partial charge in [0.2, 0.25) is 0 Å². The lowest BCUT2D eigenvalue weighted by Gasteiger charge is -2.29. The normalized spacial score (nSPS) is 27.9. The molecule has 0 aromatic carbocycles. The van der Waals surface area contributed by atoms with Crippen molar-refractivity contribution in [2.75, 3.05) is 6.54 Å². The minimum atomic E-state index is 0.584. The molecule has 0 radical (unpaired) electrons. The summed E-state index contributed by atoms with van der Waals surface area (Å²) in [5.74, 6) is 0.755. The van der Waals surface area contributed by atoms with Crippen LogP contribution in [0.25, 0.3) is 0 Å². The fourth-order valence-electron chi connectivity index (χ4n) is 2.09. The summed E-state index contributed by atoms with van der Waals surface area (Å²) in [6.45, 7) is 3.46. The average molecular weight is 194 g/mol. The molecule has 2 unspecified atom stereocenters. The van der Waals surface area contributed by atoms with Gasteiger partial charge in [-0.15, -0.1) is 0 Å². The van der Waals surface area contributed by atoms with E-state index in [0.717, 1.165) is 24.6 Å². The topological polar surface area (TPSA) is 42.7 Å². The first kappa shape index (κ1) is 9.65. The van der Waals surface area contributed by atoms with Gasteiger partial charge in [-0.3, -0.25) is 0 Å². The fraction of sp³-hybridized carbons (Fsp3) is 0.800. The Hall–Kier alpha value is -0.900. The number of rotatable bonds is 2. The van der Waals surface area contributed by atoms with E-state index in [1.54, 1.807) is 4.80 Å². The van der Waals surface area contributed by atoms with E-state index in [4.69, 9.17) is 0 Å². The lowest BCUT2D eigenvalue weighted by atomic mass is 9.90. The number of hydrogen-bond donors (Lipinski definition) is 1. The van der Waals surface area contributed by atoms with Gasteiger partial charge in [-0.25, -0.2) is 0 Å². The molecule has 1 saturated heterocycles. The van der Waals surface area contributed by atoms with Crippen LogP contribution in [-0.4, -0.2) is 27.6 Å². The Kier molecular flexibility index (Phi) is 2.82. The first-order chi connectivity index (χ1) is 6.75. The van der Waals surface area contributed by atoms with E-state index in [1.165, 1.54) is 12.8 Å². The molecule has 2 heterocycles. The van der Waals surface area contributed by atoms with Crippen molar-refractivity contribution >= 4 is 0 Å². The van der Waals surface area contributed by atoms with E-state index in [1.807, 2.05) is 13.2 Å². The second kappa shape index (κ2) is 4.09. The summed E-state index contributed by atoms with van der Waals surface area (Å²) in [6.07, 6.45) is 5.51. The van der Waals surface area contributed by atoms with E-state index >= 15 is 0 Å². The van der Waals surface area contributed by atoms with E-state index in [2.05, 4.69) is 22.4 Å². The lowest BCUT2D eigenvalue weighted by molar-refractivity contribution is 0.296. The molecule has 1 aromatic rings.